The van der Waals surface area contributed by atoms with Crippen LogP contribution < -0.4 is 20.2 Å². The SMILES string of the molecule is O=C(Cn1ncc(=O)c2ccccc21)Nc1ccc2c(c1)OCCCO2. The van der Waals surface area contributed by atoms with Gasteiger partial charge in [0.05, 0.1) is 24.9 Å². The summed E-state index contributed by atoms with van der Waals surface area (Å²) in [5, 5.41) is 7.43. The molecule has 0 unspecified atom stereocenters. The first-order valence-electron chi connectivity index (χ1n) is 8.35. The van der Waals surface area contributed by atoms with Crippen LogP contribution >= 0.6 is 0 Å². The lowest BCUT2D eigenvalue weighted by molar-refractivity contribution is -0.116. The number of nitrogens with one attached hydrogen (secondary N) is 1. The van der Waals surface area contributed by atoms with Crippen molar-refractivity contribution in [3.63, 3.8) is 0 Å². The van der Waals surface area contributed by atoms with Gasteiger partial charge in [0.25, 0.3) is 0 Å². The van der Waals surface area contributed by atoms with Gasteiger partial charge in [0.1, 0.15) is 6.54 Å². The molecule has 7 nitrogen and oxygen atoms in total. The maximum atomic E-state index is 12.4. The van der Waals surface area contributed by atoms with Crippen molar-refractivity contribution >= 4 is 22.5 Å². The van der Waals surface area contributed by atoms with E-state index in [1.807, 2.05) is 6.07 Å². The highest BCUT2D eigenvalue weighted by Gasteiger charge is 2.13. The number of aromatic nitrogens is 2. The Morgan fingerprint density at radius 3 is 2.81 bits per heavy atom. The van der Waals surface area contributed by atoms with Crippen LogP contribution in [0.1, 0.15) is 6.42 Å². The number of carbonyl (C=O) groups is 1. The number of fused-ring (bicyclic) bond motifs is 2. The standard InChI is InChI=1S/C19H17N3O4/c23-16-11-20-22(15-5-2-1-4-14(15)16)12-19(24)21-13-6-7-17-18(10-13)26-9-3-8-25-17/h1-2,4-7,10-11H,3,8-9,12H2,(H,21,24). The molecule has 2 aromatic carbocycles. The molecule has 1 aliphatic rings. The van der Waals surface area contributed by atoms with E-state index in [1.165, 1.54) is 10.9 Å². The molecule has 1 aliphatic heterocycles. The first-order chi connectivity index (χ1) is 12.7. The minimum atomic E-state index is -0.249. The Kier molecular flexibility index (Phi) is 4.27. The molecule has 4 rings (SSSR count). The molecule has 0 radical (unpaired) electrons. The smallest absolute Gasteiger partial charge is 0.246 e. The number of hydrogen-bond acceptors (Lipinski definition) is 5. The molecule has 2 heterocycles. The van der Waals surface area contributed by atoms with E-state index >= 15 is 0 Å². The zero-order valence-electron chi connectivity index (χ0n) is 14.0. The molecule has 0 saturated heterocycles. The highest BCUT2D eigenvalue weighted by molar-refractivity contribution is 5.92. The van der Waals surface area contributed by atoms with Crippen molar-refractivity contribution in [2.24, 2.45) is 0 Å². The van der Waals surface area contributed by atoms with Crippen molar-refractivity contribution in [2.75, 3.05) is 18.5 Å². The van der Waals surface area contributed by atoms with Gasteiger partial charge in [-0.25, -0.2) is 0 Å². The molecule has 7 heteroatoms. The van der Waals surface area contributed by atoms with E-state index in [2.05, 4.69) is 10.4 Å². The van der Waals surface area contributed by atoms with Crippen LogP contribution in [0.4, 0.5) is 5.69 Å². The number of rotatable bonds is 3. The molecule has 1 amide bonds. The summed E-state index contributed by atoms with van der Waals surface area (Å²) >= 11 is 0. The Hall–Kier alpha value is -3.35. The fraction of sp³-hybridized carbons (Fsp3) is 0.211. The van der Waals surface area contributed by atoms with Crippen LogP contribution in [0.2, 0.25) is 0 Å². The number of nitrogens with zero attached hydrogens (tertiary/aromatic N) is 2. The van der Waals surface area contributed by atoms with Gasteiger partial charge in [-0.05, 0) is 24.3 Å². The van der Waals surface area contributed by atoms with Gasteiger partial charge in [0.15, 0.2) is 11.5 Å². The second-order valence-corrected chi connectivity index (χ2v) is 5.94. The molecule has 0 spiro atoms. The molecule has 0 bridgehead atoms. The van der Waals surface area contributed by atoms with Gasteiger partial charge in [-0.3, -0.25) is 14.3 Å². The van der Waals surface area contributed by atoms with E-state index in [-0.39, 0.29) is 17.9 Å². The lowest BCUT2D eigenvalue weighted by atomic mass is 10.2. The monoisotopic (exact) mass is 351 g/mol. The van der Waals surface area contributed by atoms with Crippen molar-refractivity contribution in [3.05, 3.63) is 58.9 Å². The minimum Gasteiger partial charge on any atom is -0.490 e. The van der Waals surface area contributed by atoms with Crippen molar-refractivity contribution < 1.29 is 14.3 Å². The summed E-state index contributed by atoms with van der Waals surface area (Å²) < 4.78 is 12.7. The normalized spacial score (nSPS) is 13.2. The predicted octanol–water partition coefficient (Wildman–Crippen LogP) is 2.20. The molecule has 1 N–H and O–H groups in total. The average Bonchev–Trinajstić information content (AvgIpc) is 2.89. The molecule has 0 atom stereocenters. The number of anilines is 1. The van der Waals surface area contributed by atoms with Crippen molar-refractivity contribution in [1.29, 1.82) is 0 Å². The summed E-state index contributed by atoms with van der Waals surface area (Å²) in [6.45, 7) is 1.19. The van der Waals surface area contributed by atoms with Crippen LogP contribution in [0.5, 0.6) is 11.5 Å². The van der Waals surface area contributed by atoms with Crippen molar-refractivity contribution in [3.8, 4) is 11.5 Å². The summed E-state index contributed by atoms with van der Waals surface area (Å²) in [6, 6.07) is 12.4. The maximum Gasteiger partial charge on any atom is 0.246 e. The van der Waals surface area contributed by atoms with Crippen LogP contribution in [0.25, 0.3) is 10.9 Å². The number of carbonyl (C=O) groups excluding carboxylic acids is 1. The Morgan fingerprint density at radius 2 is 1.92 bits per heavy atom. The minimum absolute atomic E-state index is 0.00473. The Labute approximate surface area is 149 Å². The summed E-state index contributed by atoms with van der Waals surface area (Å²) in [7, 11) is 0. The Balaban J connectivity index is 1.54. The third kappa shape index (κ3) is 3.23. The Bertz CT molecular complexity index is 1030. The second kappa shape index (κ2) is 6.87. The predicted molar refractivity (Wildman–Crippen MR) is 96.7 cm³/mol. The fourth-order valence-electron chi connectivity index (χ4n) is 2.86. The number of benzene rings is 2. The van der Waals surface area contributed by atoms with E-state index in [0.717, 1.165) is 6.42 Å². The average molecular weight is 351 g/mol. The molecular formula is C19H17N3O4. The third-order valence-corrected chi connectivity index (χ3v) is 4.09. The van der Waals surface area contributed by atoms with Gasteiger partial charge in [-0.2, -0.15) is 5.10 Å². The number of ether oxygens (including phenoxy) is 2. The van der Waals surface area contributed by atoms with Crippen LogP contribution in [0, 0.1) is 0 Å². The molecule has 0 saturated carbocycles. The summed E-state index contributed by atoms with van der Waals surface area (Å²) in [6.07, 6.45) is 2.05. The van der Waals surface area contributed by atoms with Gasteiger partial charge < -0.3 is 14.8 Å². The van der Waals surface area contributed by atoms with Gasteiger partial charge in [0.2, 0.25) is 11.3 Å². The summed E-state index contributed by atoms with van der Waals surface area (Å²) in [5.74, 6) is 1.04. The van der Waals surface area contributed by atoms with Crippen LogP contribution in [-0.2, 0) is 11.3 Å². The lowest BCUT2D eigenvalue weighted by Gasteiger charge is -2.12. The molecule has 0 aliphatic carbocycles. The molecule has 1 aromatic heterocycles. The highest BCUT2D eigenvalue weighted by Crippen LogP contribution is 2.32. The number of para-hydroxylation sites is 1. The van der Waals surface area contributed by atoms with E-state index in [9.17, 15) is 9.59 Å². The molecule has 26 heavy (non-hydrogen) atoms. The van der Waals surface area contributed by atoms with Gasteiger partial charge in [-0.15, -0.1) is 0 Å². The highest BCUT2D eigenvalue weighted by atomic mass is 16.5. The van der Waals surface area contributed by atoms with Crippen molar-refractivity contribution in [1.82, 2.24) is 9.78 Å². The number of hydrogen-bond donors (Lipinski definition) is 1. The van der Waals surface area contributed by atoms with Gasteiger partial charge in [0, 0.05) is 23.6 Å². The van der Waals surface area contributed by atoms with Crippen LogP contribution in [-0.4, -0.2) is 28.9 Å². The van der Waals surface area contributed by atoms with E-state index in [4.69, 9.17) is 9.47 Å². The summed E-state index contributed by atoms with van der Waals surface area (Å²) in [5.41, 5.74) is 1.07. The third-order valence-electron chi connectivity index (χ3n) is 4.09. The zero-order chi connectivity index (χ0) is 17.9. The van der Waals surface area contributed by atoms with Crippen molar-refractivity contribution in [2.45, 2.75) is 13.0 Å². The quantitative estimate of drug-likeness (QED) is 0.782. The number of amides is 1. The molecular weight excluding hydrogens is 334 g/mol. The zero-order valence-corrected chi connectivity index (χ0v) is 14.0. The molecule has 3 aromatic rings. The topological polar surface area (TPSA) is 82.5 Å². The van der Waals surface area contributed by atoms with Gasteiger partial charge >= 0.3 is 0 Å². The van der Waals surface area contributed by atoms with Crippen LogP contribution in [0.3, 0.4) is 0 Å². The lowest BCUT2D eigenvalue weighted by Crippen LogP contribution is -2.22. The van der Waals surface area contributed by atoms with E-state index < -0.39 is 0 Å². The van der Waals surface area contributed by atoms with E-state index in [0.29, 0.717) is 41.3 Å². The first kappa shape index (κ1) is 16.1. The largest absolute Gasteiger partial charge is 0.490 e. The summed E-state index contributed by atoms with van der Waals surface area (Å²) in [4.78, 5) is 24.3. The fourth-order valence-corrected chi connectivity index (χ4v) is 2.86. The van der Waals surface area contributed by atoms with E-state index in [1.54, 1.807) is 36.4 Å². The second-order valence-electron chi connectivity index (χ2n) is 5.94. The first-order valence-corrected chi connectivity index (χ1v) is 8.35. The molecule has 0 fully saturated rings. The van der Waals surface area contributed by atoms with Crippen LogP contribution in [0.15, 0.2) is 53.5 Å². The maximum absolute atomic E-state index is 12.4. The van der Waals surface area contributed by atoms with Gasteiger partial charge in [-0.1, -0.05) is 12.1 Å². The molecule has 132 valence electrons. The Morgan fingerprint density at radius 1 is 1.12 bits per heavy atom.